The third kappa shape index (κ3) is 5.84. The van der Waals surface area contributed by atoms with Crippen LogP contribution in [-0.2, 0) is 14.6 Å². The fourth-order valence-corrected chi connectivity index (χ4v) is 2.33. The molecular formula is C13H15F3O5S. The second-order valence-corrected chi connectivity index (χ2v) is 7.81. The highest BCUT2D eigenvalue weighted by Crippen LogP contribution is 2.24. The first kappa shape index (κ1) is 20.1. The number of sulfone groups is 1. The topological polar surface area (TPSA) is 88.5 Å². The van der Waals surface area contributed by atoms with Gasteiger partial charge in [-0.3, -0.25) is 4.79 Å². The SMILES string of the molecule is CC(C)(C)S(=O)(=O)c1ccc(C(=O)O)cc1.O=CC(F)(F)F. The fraction of sp³-hybridized carbons (Fsp3) is 0.385. The first-order chi connectivity index (χ1) is 9.72. The smallest absolute Gasteiger partial charge is 0.446 e. The average molecular weight is 340 g/mol. The Hall–Kier alpha value is -1.90. The maximum atomic E-state index is 12.0. The molecule has 9 heteroatoms. The summed E-state index contributed by atoms with van der Waals surface area (Å²) in [5.74, 6) is -1.07. The number of aldehydes is 1. The Kier molecular flexibility index (Phi) is 6.31. The average Bonchev–Trinajstić information content (AvgIpc) is 2.37. The van der Waals surface area contributed by atoms with Crippen molar-refractivity contribution in [3.05, 3.63) is 29.8 Å². The summed E-state index contributed by atoms with van der Waals surface area (Å²) in [5.41, 5.74) is 0.0767. The van der Waals surface area contributed by atoms with Gasteiger partial charge in [0.15, 0.2) is 9.84 Å². The van der Waals surface area contributed by atoms with E-state index in [0.717, 1.165) is 0 Å². The molecule has 5 nitrogen and oxygen atoms in total. The Morgan fingerprint density at radius 3 is 1.68 bits per heavy atom. The number of carboxylic acids is 1. The predicted octanol–water partition coefficient (Wildman–Crippen LogP) is 2.70. The third-order valence-electron chi connectivity index (χ3n) is 2.35. The van der Waals surface area contributed by atoms with Crippen molar-refractivity contribution < 1.29 is 36.3 Å². The van der Waals surface area contributed by atoms with Crippen LogP contribution in [0.15, 0.2) is 29.2 Å². The first-order valence-electron chi connectivity index (χ1n) is 5.83. The van der Waals surface area contributed by atoms with Gasteiger partial charge < -0.3 is 5.11 Å². The van der Waals surface area contributed by atoms with Crippen LogP contribution in [-0.4, -0.2) is 36.7 Å². The van der Waals surface area contributed by atoms with Gasteiger partial charge >= 0.3 is 12.1 Å². The maximum absolute atomic E-state index is 12.0. The van der Waals surface area contributed by atoms with Crippen LogP contribution in [0.5, 0.6) is 0 Å². The molecule has 22 heavy (non-hydrogen) atoms. The number of aromatic carboxylic acids is 1. The number of hydrogen-bond donors (Lipinski definition) is 1. The molecule has 0 amide bonds. The summed E-state index contributed by atoms with van der Waals surface area (Å²) in [6, 6.07) is 5.23. The van der Waals surface area contributed by atoms with Crippen molar-refractivity contribution in [3.63, 3.8) is 0 Å². The largest absolute Gasteiger partial charge is 0.478 e. The van der Waals surface area contributed by atoms with Gasteiger partial charge in [-0.15, -0.1) is 0 Å². The highest BCUT2D eigenvalue weighted by atomic mass is 32.2. The van der Waals surface area contributed by atoms with E-state index in [9.17, 15) is 26.4 Å². The van der Waals surface area contributed by atoms with Gasteiger partial charge in [0.1, 0.15) is 0 Å². The lowest BCUT2D eigenvalue weighted by atomic mass is 10.2. The van der Waals surface area contributed by atoms with Crippen molar-refractivity contribution in [2.45, 2.75) is 36.6 Å². The number of benzene rings is 1. The summed E-state index contributed by atoms with van der Waals surface area (Å²) in [6.45, 7) is 4.81. The molecule has 0 atom stereocenters. The van der Waals surface area contributed by atoms with E-state index in [0.29, 0.717) is 0 Å². The quantitative estimate of drug-likeness (QED) is 0.836. The first-order valence-corrected chi connectivity index (χ1v) is 7.32. The molecule has 0 heterocycles. The highest BCUT2D eigenvalue weighted by molar-refractivity contribution is 7.92. The Morgan fingerprint density at radius 1 is 1.09 bits per heavy atom. The van der Waals surface area contributed by atoms with E-state index in [4.69, 9.17) is 9.90 Å². The van der Waals surface area contributed by atoms with Crippen LogP contribution in [0, 0.1) is 0 Å². The molecule has 0 aliphatic heterocycles. The number of carbonyl (C=O) groups is 2. The van der Waals surface area contributed by atoms with Crippen LogP contribution in [0.3, 0.4) is 0 Å². The molecule has 1 N–H and O–H groups in total. The van der Waals surface area contributed by atoms with Crippen molar-refractivity contribution >= 4 is 22.1 Å². The van der Waals surface area contributed by atoms with Gasteiger partial charge in [0, 0.05) is 0 Å². The molecule has 1 aromatic carbocycles. The molecular weight excluding hydrogens is 325 g/mol. The Balaban J connectivity index is 0.000000626. The number of rotatable bonds is 2. The monoisotopic (exact) mass is 340 g/mol. The number of hydrogen-bond acceptors (Lipinski definition) is 4. The van der Waals surface area contributed by atoms with E-state index in [1.165, 1.54) is 24.3 Å². The Morgan fingerprint density at radius 2 is 1.45 bits per heavy atom. The molecule has 1 rings (SSSR count). The number of alkyl halides is 3. The lowest BCUT2D eigenvalue weighted by Gasteiger charge is -2.19. The zero-order chi connectivity index (χ0) is 17.8. The number of halogens is 3. The van der Waals surface area contributed by atoms with Crippen LogP contribution >= 0.6 is 0 Å². The van der Waals surface area contributed by atoms with Gasteiger partial charge in [0.05, 0.1) is 15.2 Å². The molecule has 0 saturated carbocycles. The Labute approximate surface area is 125 Å². The molecule has 124 valence electrons. The molecule has 0 bridgehead atoms. The van der Waals surface area contributed by atoms with Crippen molar-refractivity contribution in [3.8, 4) is 0 Å². The van der Waals surface area contributed by atoms with Crippen molar-refractivity contribution in [1.29, 1.82) is 0 Å². The lowest BCUT2D eigenvalue weighted by molar-refractivity contribution is -0.156. The van der Waals surface area contributed by atoms with Gasteiger partial charge in [-0.1, -0.05) is 0 Å². The lowest BCUT2D eigenvalue weighted by Crippen LogP contribution is -2.27. The maximum Gasteiger partial charge on any atom is 0.446 e. The minimum absolute atomic E-state index is 0.0767. The number of carboxylic acid groups (broad SMARTS) is 1. The minimum atomic E-state index is -4.64. The zero-order valence-electron chi connectivity index (χ0n) is 12.0. The summed E-state index contributed by atoms with van der Waals surface area (Å²) in [4.78, 5) is 19.5. The minimum Gasteiger partial charge on any atom is -0.478 e. The van der Waals surface area contributed by atoms with Crippen LogP contribution in [0.2, 0.25) is 0 Å². The Bertz CT molecular complexity index is 625. The normalized spacial score (nSPS) is 12.1. The van der Waals surface area contributed by atoms with Crippen LogP contribution in [0.4, 0.5) is 13.2 Å². The van der Waals surface area contributed by atoms with Crippen LogP contribution in [0.25, 0.3) is 0 Å². The van der Waals surface area contributed by atoms with Gasteiger partial charge in [0.2, 0.25) is 6.29 Å². The summed E-state index contributed by atoms with van der Waals surface area (Å²) in [6.07, 6.45) is -5.70. The van der Waals surface area contributed by atoms with E-state index in [1.54, 1.807) is 20.8 Å². The molecule has 0 aliphatic carbocycles. The molecule has 0 unspecified atom stereocenters. The second kappa shape index (κ2) is 6.91. The van der Waals surface area contributed by atoms with E-state index in [1.807, 2.05) is 0 Å². The summed E-state index contributed by atoms with van der Waals surface area (Å²) in [7, 11) is -3.41. The van der Waals surface area contributed by atoms with Gasteiger partial charge in [-0.2, -0.15) is 13.2 Å². The van der Waals surface area contributed by atoms with Gasteiger partial charge in [-0.05, 0) is 45.0 Å². The highest BCUT2D eigenvalue weighted by Gasteiger charge is 2.30. The zero-order valence-corrected chi connectivity index (χ0v) is 12.8. The molecule has 1 aromatic rings. The van der Waals surface area contributed by atoms with E-state index in [2.05, 4.69) is 0 Å². The van der Waals surface area contributed by atoms with Crippen molar-refractivity contribution in [1.82, 2.24) is 0 Å². The molecule has 0 radical (unpaired) electrons. The van der Waals surface area contributed by atoms with Crippen molar-refractivity contribution in [2.75, 3.05) is 0 Å². The van der Waals surface area contributed by atoms with E-state index < -0.39 is 33.0 Å². The van der Waals surface area contributed by atoms with Crippen LogP contribution < -0.4 is 0 Å². The summed E-state index contributed by atoms with van der Waals surface area (Å²) < 4.78 is 54.3. The summed E-state index contributed by atoms with van der Waals surface area (Å²) >= 11 is 0. The third-order valence-corrected chi connectivity index (χ3v) is 4.86. The molecule has 0 fully saturated rings. The molecule has 0 spiro atoms. The van der Waals surface area contributed by atoms with Crippen molar-refractivity contribution in [2.24, 2.45) is 0 Å². The molecule has 0 aliphatic rings. The number of carbonyl (C=O) groups excluding carboxylic acids is 1. The summed E-state index contributed by atoms with van der Waals surface area (Å²) in [5, 5.41) is 8.69. The van der Waals surface area contributed by atoms with E-state index >= 15 is 0 Å². The standard InChI is InChI=1S/C11H14O4S.C2HF3O/c1-11(2,3)16(14,15)9-6-4-8(5-7-9)10(12)13;3-2(4,5)1-6/h4-7H,1-3H3,(H,12,13);1H. The van der Waals surface area contributed by atoms with Crippen LogP contribution in [0.1, 0.15) is 31.1 Å². The fourth-order valence-electron chi connectivity index (χ4n) is 1.13. The van der Waals surface area contributed by atoms with E-state index in [-0.39, 0.29) is 10.5 Å². The molecule has 0 aromatic heterocycles. The van der Waals surface area contributed by atoms with Gasteiger partial charge in [-0.25, -0.2) is 13.2 Å². The van der Waals surface area contributed by atoms with Gasteiger partial charge in [0.25, 0.3) is 0 Å². The second-order valence-electron chi connectivity index (χ2n) is 5.10. The molecule has 0 saturated heterocycles. The predicted molar refractivity (Wildman–Crippen MR) is 72.5 cm³/mol.